The summed E-state index contributed by atoms with van der Waals surface area (Å²) in [5, 5.41) is 8.70. The molecule has 1 aliphatic rings. The molecule has 0 saturated carbocycles. The average Bonchev–Trinajstić information content (AvgIpc) is 2.18. The van der Waals surface area contributed by atoms with Crippen molar-refractivity contribution in [3.63, 3.8) is 0 Å². The highest BCUT2D eigenvalue weighted by molar-refractivity contribution is 5.97. The summed E-state index contributed by atoms with van der Waals surface area (Å²) in [7, 11) is 0. The monoisotopic (exact) mass is 216 g/mol. The van der Waals surface area contributed by atoms with E-state index in [9.17, 15) is 14.4 Å². The van der Waals surface area contributed by atoms with Crippen LogP contribution in [0.4, 0.5) is 0 Å². The number of ether oxygens (including phenoxy) is 2. The minimum Gasteiger partial charge on any atom is -0.481 e. The Balaban J connectivity index is 2.66. The first kappa shape index (κ1) is 11.5. The average molecular weight is 216 g/mol. The number of carboxylic acids is 1. The Bertz CT molecular complexity index is 272. The van der Waals surface area contributed by atoms with Gasteiger partial charge in [0.2, 0.25) is 0 Å². The molecule has 0 spiro atoms. The Morgan fingerprint density at radius 3 is 2.40 bits per heavy atom. The fourth-order valence-electron chi connectivity index (χ4n) is 1.16. The summed E-state index contributed by atoms with van der Waals surface area (Å²) in [4.78, 5) is 32.9. The lowest BCUT2D eigenvalue weighted by Crippen LogP contribution is -2.30. The first-order valence-electron chi connectivity index (χ1n) is 4.66. The third kappa shape index (κ3) is 3.57. The lowest BCUT2D eigenvalue weighted by atomic mass is 10.1. The largest absolute Gasteiger partial charge is 0.481 e. The van der Waals surface area contributed by atoms with E-state index in [1.807, 2.05) is 0 Å². The zero-order valence-electron chi connectivity index (χ0n) is 8.10. The van der Waals surface area contributed by atoms with Gasteiger partial charge in [0, 0.05) is 0 Å². The van der Waals surface area contributed by atoms with E-state index in [0.717, 1.165) is 0 Å². The molecule has 6 heteroatoms. The van der Waals surface area contributed by atoms with Gasteiger partial charge < -0.3 is 14.6 Å². The molecule has 0 aromatic rings. The van der Waals surface area contributed by atoms with Crippen molar-refractivity contribution in [3.05, 3.63) is 0 Å². The molecule has 1 unspecified atom stereocenters. The van der Waals surface area contributed by atoms with Crippen molar-refractivity contribution >= 4 is 17.9 Å². The second-order valence-electron chi connectivity index (χ2n) is 3.19. The second-order valence-corrected chi connectivity index (χ2v) is 3.19. The lowest BCUT2D eigenvalue weighted by molar-refractivity contribution is -0.165. The van der Waals surface area contributed by atoms with E-state index in [0.29, 0.717) is 12.8 Å². The molecule has 1 atom stereocenters. The molecule has 1 N–H and O–H groups in total. The Morgan fingerprint density at radius 2 is 1.80 bits per heavy atom. The zero-order chi connectivity index (χ0) is 11.3. The fourth-order valence-corrected chi connectivity index (χ4v) is 1.16. The molecule has 6 nitrogen and oxygen atoms in total. The van der Waals surface area contributed by atoms with Crippen LogP contribution in [0.3, 0.4) is 0 Å². The van der Waals surface area contributed by atoms with Crippen LogP contribution in [-0.4, -0.2) is 36.2 Å². The minimum absolute atomic E-state index is 0.167. The van der Waals surface area contributed by atoms with Crippen LogP contribution in [0.5, 0.6) is 0 Å². The van der Waals surface area contributed by atoms with Gasteiger partial charge in [-0.2, -0.15) is 0 Å². The Hall–Kier alpha value is -1.59. The van der Waals surface area contributed by atoms with Gasteiger partial charge in [-0.25, -0.2) is 0 Å². The Labute approximate surface area is 86.2 Å². The van der Waals surface area contributed by atoms with Gasteiger partial charge in [0.15, 0.2) is 5.92 Å². The standard InChI is InChI=1S/C9H12O6/c10-7-5-6(8(11)12)9(13)15-4-2-1-3-14-7/h6H,1-5H2,(H,11,12). The number of carbonyl (C=O) groups excluding carboxylic acids is 2. The molecule has 1 heterocycles. The van der Waals surface area contributed by atoms with Gasteiger partial charge in [-0.15, -0.1) is 0 Å². The van der Waals surface area contributed by atoms with Crippen LogP contribution >= 0.6 is 0 Å². The van der Waals surface area contributed by atoms with Crippen molar-refractivity contribution in [1.82, 2.24) is 0 Å². The molecule has 0 amide bonds. The van der Waals surface area contributed by atoms with Crippen LogP contribution in [0.2, 0.25) is 0 Å². The molecule has 0 aromatic carbocycles. The van der Waals surface area contributed by atoms with Crippen molar-refractivity contribution in [2.45, 2.75) is 19.3 Å². The van der Waals surface area contributed by atoms with Gasteiger partial charge in [-0.05, 0) is 12.8 Å². The second kappa shape index (κ2) is 5.33. The molecule has 84 valence electrons. The van der Waals surface area contributed by atoms with Crippen molar-refractivity contribution in [1.29, 1.82) is 0 Å². The molecular formula is C9H12O6. The van der Waals surface area contributed by atoms with Crippen LogP contribution in [0.25, 0.3) is 0 Å². The third-order valence-corrected chi connectivity index (χ3v) is 2.00. The first-order chi connectivity index (χ1) is 7.11. The van der Waals surface area contributed by atoms with Gasteiger partial charge in [-0.3, -0.25) is 14.4 Å². The van der Waals surface area contributed by atoms with E-state index >= 15 is 0 Å². The van der Waals surface area contributed by atoms with Gasteiger partial charge in [0.1, 0.15) is 0 Å². The highest BCUT2D eigenvalue weighted by Crippen LogP contribution is 2.10. The van der Waals surface area contributed by atoms with Gasteiger partial charge >= 0.3 is 17.9 Å². The number of cyclic esters (lactones) is 2. The van der Waals surface area contributed by atoms with Crippen molar-refractivity contribution < 1.29 is 29.0 Å². The van der Waals surface area contributed by atoms with Crippen molar-refractivity contribution in [2.75, 3.05) is 13.2 Å². The maximum atomic E-state index is 11.2. The van der Waals surface area contributed by atoms with Crippen LogP contribution in [0, 0.1) is 5.92 Å². The molecule has 0 radical (unpaired) electrons. The Kier molecular flexibility index (Phi) is 4.08. The molecule has 1 aliphatic heterocycles. The first-order valence-corrected chi connectivity index (χ1v) is 4.66. The minimum atomic E-state index is -1.45. The van der Waals surface area contributed by atoms with Crippen molar-refractivity contribution in [3.8, 4) is 0 Å². The lowest BCUT2D eigenvalue weighted by Gasteiger charge is -2.14. The Morgan fingerprint density at radius 1 is 1.20 bits per heavy atom. The van der Waals surface area contributed by atoms with Crippen molar-refractivity contribution in [2.24, 2.45) is 5.92 Å². The van der Waals surface area contributed by atoms with E-state index in [2.05, 4.69) is 0 Å². The molecule has 1 fully saturated rings. The zero-order valence-corrected chi connectivity index (χ0v) is 8.10. The van der Waals surface area contributed by atoms with E-state index in [1.165, 1.54) is 0 Å². The summed E-state index contributed by atoms with van der Waals surface area (Å²) in [6.45, 7) is 0.406. The molecular weight excluding hydrogens is 204 g/mol. The topological polar surface area (TPSA) is 89.9 Å². The summed E-state index contributed by atoms with van der Waals surface area (Å²) in [5.41, 5.74) is 0. The van der Waals surface area contributed by atoms with Crippen LogP contribution in [-0.2, 0) is 23.9 Å². The molecule has 1 saturated heterocycles. The smallest absolute Gasteiger partial charge is 0.320 e. The van der Waals surface area contributed by atoms with Gasteiger partial charge in [0.25, 0.3) is 0 Å². The van der Waals surface area contributed by atoms with Crippen LogP contribution < -0.4 is 0 Å². The summed E-state index contributed by atoms with van der Waals surface area (Å²) in [6.07, 6.45) is 0.705. The predicted molar refractivity (Wildman–Crippen MR) is 46.9 cm³/mol. The number of rotatable bonds is 1. The summed E-state index contributed by atoms with van der Waals surface area (Å²) >= 11 is 0. The molecule has 15 heavy (non-hydrogen) atoms. The number of hydrogen-bond donors (Lipinski definition) is 1. The number of carboxylic acid groups (broad SMARTS) is 1. The quantitative estimate of drug-likeness (QED) is 0.488. The molecule has 0 aliphatic carbocycles. The summed E-state index contributed by atoms with van der Waals surface area (Å²) in [6, 6.07) is 0. The van der Waals surface area contributed by atoms with Gasteiger partial charge in [0.05, 0.1) is 19.6 Å². The maximum absolute atomic E-state index is 11.2. The SMILES string of the molecule is O=C1CC(C(=O)O)C(=O)OCCCCO1. The fraction of sp³-hybridized carbons (Fsp3) is 0.667. The number of carbonyl (C=O) groups is 3. The van der Waals surface area contributed by atoms with E-state index in [4.69, 9.17) is 14.6 Å². The van der Waals surface area contributed by atoms with E-state index in [-0.39, 0.29) is 13.2 Å². The highest BCUT2D eigenvalue weighted by atomic mass is 16.5. The normalized spacial score (nSPS) is 23.9. The van der Waals surface area contributed by atoms with Crippen LogP contribution in [0.15, 0.2) is 0 Å². The van der Waals surface area contributed by atoms with E-state index < -0.39 is 30.2 Å². The maximum Gasteiger partial charge on any atom is 0.320 e. The predicted octanol–water partition coefficient (Wildman–Crippen LogP) is -0.0425. The molecule has 1 rings (SSSR count). The van der Waals surface area contributed by atoms with E-state index in [1.54, 1.807) is 0 Å². The third-order valence-electron chi connectivity index (χ3n) is 2.00. The summed E-state index contributed by atoms with van der Waals surface area (Å²) in [5.74, 6) is -4.37. The number of hydrogen-bond acceptors (Lipinski definition) is 5. The number of aliphatic carboxylic acids is 1. The van der Waals surface area contributed by atoms with Crippen LogP contribution in [0.1, 0.15) is 19.3 Å². The molecule has 0 bridgehead atoms. The summed E-state index contributed by atoms with van der Waals surface area (Å²) < 4.78 is 9.45. The number of esters is 2. The highest BCUT2D eigenvalue weighted by Gasteiger charge is 2.31. The molecule has 0 aromatic heterocycles. The van der Waals surface area contributed by atoms with Gasteiger partial charge in [-0.1, -0.05) is 0 Å².